The number of allylic oxidation sites excluding steroid dienone is 1. The van der Waals surface area contributed by atoms with Gasteiger partial charge in [0.05, 0.1) is 44.2 Å². The molecule has 25 atom stereocenters. The van der Waals surface area contributed by atoms with Crippen molar-refractivity contribution in [1.82, 2.24) is 0 Å². The Kier molecular flexibility index (Phi) is 14.7. The highest BCUT2D eigenvalue weighted by Gasteiger charge is 2.69. The fraction of sp³-hybridized carbons (Fsp3) is 0.909. The second-order valence-corrected chi connectivity index (χ2v) is 21.8. The Morgan fingerprint density at radius 3 is 2.27 bits per heavy atom. The predicted octanol–water partition coefficient (Wildman–Crippen LogP) is -1.47. The molecular formula is C44H70O21S. The van der Waals surface area contributed by atoms with Crippen molar-refractivity contribution in [3.63, 3.8) is 0 Å². The van der Waals surface area contributed by atoms with E-state index in [-0.39, 0.29) is 73.6 Å². The van der Waals surface area contributed by atoms with Crippen LogP contribution in [-0.4, -0.2) is 194 Å². The maximum Gasteiger partial charge on any atom is 0.397 e. The van der Waals surface area contributed by atoms with E-state index in [9.17, 15) is 64.0 Å². The molecule has 0 aromatic carbocycles. The van der Waals surface area contributed by atoms with Crippen molar-refractivity contribution in [2.24, 2.45) is 40.4 Å². The van der Waals surface area contributed by atoms with Gasteiger partial charge < -0.3 is 84.2 Å². The quantitative estimate of drug-likeness (QED) is 0.0741. The van der Waals surface area contributed by atoms with Crippen molar-refractivity contribution >= 4 is 10.4 Å². The summed E-state index contributed by atoms with van der Waals surface area (Å²) in [4.78, 5) is 0. The lowest BCUT2D eigenvalue weighted by molar-refractivity contribution is -0.362. The SMILES string of the molecule is C=C(CCC1(O)OC2CC3C4CC=C5CC(OS(=O)(=O)O)CC(OC6OCC(O)C(O)C6OC6OC(C)C(O)C(O)C6O)C5(C)C4CCC3(C)C2C1C)COC1OC(CO)C(O)C(O)C1O. The molecule has 4 saturated heterocycles. The highest BCUT2D eigenvalue weighted by molar-refractivity contribution is 7.80. The van der Waals surface area contributed by atoms with Gasteiger partial charge in [0, 0.05) is 24.2 Å². The molecule has 8 rings (SSSR count). The van der Waals surface area contributed by atoms with Crippen LogP contribution in [0.15, 0.2) is 23.8 Å². The van der Waals surface area contributed by atoms with Crippen LogP contribution in [-0.2, 0) is 47.7 Å². The van der Waals surface area contributed by atoms with Gasteiger partial charge in [-0.15, -0.1) is 0 Å². The Morgan fingerprint density at radius 1 is 0.879 bits per heavy atom. The molecule has 0 spiro atoms. The van der Waals surface area contributed by atoms with Gasteiger partial charge in [-0.3, -0.25) is 4.55 Å². The van der Waals surface area contributed by atoms with Crippen LogP contribution in [0.3, 0.4) is 0 Å². The highest BCUT2D eigenvalue weighted by atomic mass is 32.3. The molecule has 4 heterocycles. The van der Waals surface area contributed by atoms with Crippen LogP contribution in [0.25, 0.3) is 0 Å². The second-order valence-electron chi connectivity index (χ2n) is 20.7. The molecule has 8 aliphatic rings. The van der Waals surface area contributed by atoms with E-state index in [1.54, 1.807) is 0 Å². The number of ether oxygens (including phenoxy) is 7. The van der Waals surface area contributed by atoms with Gasteiger partial charge in [-0.1, -0.05) is 44.6 Å². The maximum atomic E-state index is 12.1. The molecule has 0 aromatic rings. The van der Waals surface area contributed by atoms with E-state index in [0.717, 1.165) is 18.4 Å². The average Bonchev–Trinajstić information content (AvgIpc) is 3.70. The van der Waals surface area contributed by atoms with Gasteiger partial charge in [-0.25, -0.2) is 4.18 Å². The third kappa shape index (κ3) is 9.12. The Bertz CT molecular complexity index is 1890. The topological polar surface area (TPSA) is 331 Å². The summed E-state index contributed by atoms with van der Waals surface area (Å²) in [6.45, 7) is 10.8. The van der Waals surface area contributed by atoms with Gasteiger partial charge in [0.1, 0.15) is 61.0 Å². The normalized spacial score (nSPS) is 52.7. The molecule has 22 heteroatoms. The van der Waals surface area contributed by atoms with Crippen molar-refractivity contribution < 1.29 is 101 Å². The van der Waals surface area contributed by atoms with Crippen LogP contribution in [0, 0.1) is 40.4 Å². The van der Waals surface area contributed by atoms with Crippen LogP contribution in [0.2, 0.25) is 0 Å². The predicted molar refractivity (Wildman–Crippen MR) is 223 cm³/mol. The molecule has 0 radical (unpaired) electrons. The summed E-state index contributed by atoms with van der Waals surface area (Å²) in [6, 6.07) is 0. The number of rotatable bonds is 13. The van der Waals surface area contributed by atoms with Gasteiger partial charge in [0.15, 0.2) is 24.7 Å². The van der Waals surface area contributed by atoms with E-state index < -0.39 is 126 Å². The molecule has 4 aliphatic heterocycles. The zero-order valence-electron chi connectivity index (χ0n) is 37.7. The van der Waals surface area contributed by atoms with Crippen LogP contribution >= 0.6 is 0 Å². The van der Waals surface area contributed by atoms with Gasteiger partial charge in [0.2, 0.25) is 0 Å². The summed E-state index contributed by atoms with van der Waals surface area (Å²) in [5.41, 5.74) is 0.428. The van der Waals surface area contributed by atoms with Gasteiger partial charge in [0.25, 0.3) is 0 Å². The van der Waals surface area contributed by atoms with E-state index in [0.29, 0.717) is 24.8 Å². The lowest BCUT2D eigenvalue weighted by Gasteiger charge is -2.60. The second kappa shape index (κ2) is 19.0. The first-order valence-corrected chi connectivity index (χ1v) is 24.6. The van der Waals surface area contributed by atoms with Crippen LogP contribution in [0.4, 0.5) is 0 Å². The summed E-state index contributed by atoms with van der Waals surface area (Å²) < 4.78 is 81.2. The third-order valence-electron chi connectivity index (χ3n) is 17.0. The fourth-order valence-corrected chi connectivity index (χ4v) is 13.9. The van der Waals surface area contributed by atoms with E-state index in [1.165, 1.54) is 6.92 Å². The minimum Gasteiger partial charge on any atom is -0.394 e. The molecular weight excluding hydrogens is 897 g/mol. The Labute approximate surface area is 384 Å². The summed E-state index contributed by atoms with van der Waals surface area (Å²) in [5.74, 6) is -1.53. The van der Waals surface area contributed by atoms with Crippen molar-refractivity contribution in [2.45, 2.75) is 189 Å². The Hall–Kier alpha value is -1.33. The molecule has 3 saturated carbocycles. The lowest BCUT2D eigenvalue weighted by atomic mass is 9.46. The first-order chi connectivity index (χ1) is 30.9. The maximum absolute atomic E-state index is 12.1. The standard InChI is InChI=1S/C44H70O21S/c1-18(16-58-39-36(52)35(51)33(49)28(15-45)61-39)8-11-44(54)19(2)30-27(64-44)14-25-23-7-6-21-12-22(65-66(55,56)57)13-29(43(21,5)24(23)9-10-42(25,30)4)62-41-38(32(48)26(46)17-59-41)63-40-37(53)34(50)31(47)20(3)60-40/h6,19-20,22-41,45-54H,1,7-17H2,2-5H3,(H,55,56,57). The number of aliphatic hydroxyl groups excluding tert-OH is 9. The number of hydrogen-bond acceptors (Lipinski definition) is 20. The van der Waals surface area contributed by atoms with Gasteiger partial charge >= 0.3 is 10.4 Å². The van der Waals surface area contributed by atoms with Crippen molar-refractivity contribution in [3.8, 4) is 0 Å². The van der Waals surface area contributed by atoms with E-state index in [4.69, 9.17) is 37.3 Å². The summed E-state index contributed by atoms with van der Waals surface area (Å²) >= 11 is 0. The van der Waals surface area contributed by atoms with E-state index in [2.05, 4.69) is 26.5 Å². The fourth-order valence-electron chi connectivity index (χ4n) is 13.4. The molecule has 378 valence electrons. The minimum absolute atomic E-state index is 0.00243. The Morgan fingerprint density at radius 2 is 1.58 bits per heavy atom. The summed E-state index contributed by atoms with van der Waals surface area (Å²) in [6.07, 6.45) is -16.9. The van der Waals surface area contributed by atoms with Crippen molar-refractivity contribution in [2.75, 3.05) is 19.8 Å². The van der Waals surface area contributed by atoms with Crippen LogP contribution in [0.5, 0.6) is 0 Å². The monoisotopic (exact) mass is 966 g/mol. The van der Waals surface area contributed by atoms with Crippen LogP contribution < -0.4 is 0 Å². The summed E-state index contributed by atoms with van der Waals surface area (Å²) in [5, 5.41) is 106. The zero-order valence-corrected chi connectivity index (χ0v) is 38.5. The largest absolute Gasteiger partial charge is 0.397 e. The number of fused-ring (bicyclic) bond motifs is 7. The number of aliphatic hydroxyl groups is 10. The zero-order chi connectivity index (χ0) is 48.0. The molecule has 7 fully saturated rings. The lowest BCUT2D eigenvalue weighted by Crippen LogP contribution is -2.63. The van der Waals surface area contributed by atoms with E-state index in [1.807, 2.05) is 6.92 Å². The Balaban J connectivity index is 0.974. The van der Waals surface area contributed by atoms with Crippen LogP contribution in [0.1, 0.15) is 79.1 Å². The third-order valence-corrected chi connectivity index (χ3v) is 17.6. The summed E-state index contributed by atoms with van der Waals surface area (Å²) in [7, 11) is -4.88. The molecule has 11 N–H and O–H groups in total. The molecule has 66 heavy (non-hydrogen) atoms. The highest BCUT2D eigenvalue weighted by Crippen LogP contribution is 2.70. The van der Waals surface area contributed by atoms with Gasteiger partial charge in [-0.2, -0.15) is 8.42 Å². The first-order valence-electron chi connectivity index (χ1n) is 23.2. The molecule has 4 aliphatic carbocycles. The van der Waals surface area contributed by atoms with E-state index >= 15 is 0 Å². The molecule has 0 aromatic heterocycles. The smallest absolute Gasteiger partial charge is 0.394 e. The van der Waals surface area contributed by atoms with Crippen molar-refractivity contribution in [3.05, 3.63) is 23.8 Å². The molecule has 25 unspecified atom stereocenters. The van der Waals surface area contributed by atoms with Gasteiger partial charge in [-0.05, 0) is 74.5 Å². The minimum atomic E-state index is -4.88. The molecule has 21 nitrogen and oxygen atoms in total. The molecule has 0 amide bonds. The van der Waals surface area contributed by atoms with Crippen molar-refractivity contribution in [1.29, 1.82) is 0 Å². The first kappa shape index (κ1) is 51.0. The number of hydrogen-bond donors (Lipinski definition) is 11. The molecule has 0 bridgehead atoms. The average molecular weight is 967 g/mol.